The number of carbonyl (C=O) groups is 1. The molecule has 1 aliphatic rings. The van der Waals surface area contributed by atoms with Gasteiger partial charge in [-0.1, -0.05) is 20.3 Å². The van der Waals surface area contributed by atoms with Crippen molar-refractivity contribution in [3.8, 4) is 0 Å². The fraction of sp³-hybridized carbons (Fsp3) is 0.632. The van der Waals surface area contributed by atoms with E-state index in [0.29, 0.717) is 27.7 Å². The Morgan fingerprint density at radius 3 is 2.88 bits per heavy atom. The molecular formula is C19H27N3O2S. The highest BCUT2D eigenvalue weighted by molar-refractivity contribution is 7.20. The Bertz CT molecular complexity index is 824. The molecule has 0 spiro atoms. The van der Waals surface area contributed by atoms with E-state index in [-0.39, 0.29) is 11.5 Å². The van der Waals surface area contributed by atoms with Gasteiger partial charge in [0, 0.05) is 19.1 Å². The molecule has 6 heteroatoms. The van der Waals surface area contributed by atoms with Crippen molar-refractivity contribution in [1.29, 1.82) is 0 Å². The molecule has 5 nitrogen and oxygen atoms in total. The predicted octanol–water partition coefficient (Wildman–Crippen LogP) is 3.97. The molecule has 136 valence electrons. The van der Waals surface area contributed by atoms with Gasteiger partial charge in [0.1, 0.15) is 4.83 Å². The maximum absolute atomic E-state index is 13.1. The Morgan fingerprint density at radius 2 is 2.16 bits per heavy atom. The summed E-state index contributed by atoms with van der Waals surface area (Å²) in [6.45, 7) is 7.64. The minimum Gasteiger partial charge on any atom is -0.335 e. The van der Waals surface area contributed by atoms with Gasteiger partial charge in [0.15, 0.2) is 0 Å². The second-order valence-corrected chi connectivity index (χ2v) is 7.89. The third-order valence-electron chi connectivity index (χ3n) is 5.22. The summed E-state index contributed by atoms with van der Waals surface area (Å²) in [6, 6.07) is 0.319. The fourth-order valence-corrected chi connectivity index (χ4v) is 4.77. The zero-order chi connectivity index (χ0) is 18.0. The van der Waals surface area contributed by atoms with Gasteiger partial charge in [-0.05, 0) is 44.6 Å². The van der Waals surface area contributed by atoms with Crippen LogP contribution in [0.15, 0.2) is 11.1 Å². The van der Waals surface area contributed by atoms with Crippen LogP contribution in [0.25, 0.3) is 10.2 Å². The molecule has 1 fully saturated rings. The summed E-state index contributed by atoms with van der Waals surface area (Å²) in [5.74, 6) is 0.0755. The summed E-state index contributed by atoms with van der Waals surface area (Å²) in [5.41, 5.74) is 0.783. The van der Waals surface area contributed by atoms with Gasteiger partial charge < -0.3 is 4.90 Å². The minimum absolute atomic E-state index is 0.0167. The number of aromatic nitrogens is 2. The second kappa shape index (κ2) is 7.68. The number of piperidine rings is 1. The Morgan fingerprint density at radius 1 is 1.36 bits per heavy atom. The first-order valence-corrected chi connectivity index (χ1v) is 10.2. The molecule has 1 saturated heterocycles. The lowest BCUT2D eigenvalue weighted by molar-refractivity contribution is 0.0612. The van der Waals surface area contributed by atoms with Gasteiger partial charge >= 0.3 is 0 Å². The minimum atomic E-state index is -0.0167. The van der Waals surface area contributed by atoms with E-state index in [4.69, 9.17) is 0 Å². The zero-order valence-corrected chi connectivity index (χ0v) is 16.2. The van der Waals surface area contributed by atoms with Crippen LogP contribution in [-0.4, -0.2) is 32.9 Å². The Kier molecular flexibility index (Phi) is 5.57. The van der Waals surface area contributed by atoms with E-state index in [0.717, 1.165) is 44.2 Å². The second-order valence-electron chi connectivity index (χ2n) is 6.89. The molecule has 3 rings (SSSR count). The molecular weight excluding hydrogens is 334 g/mol. The molecule has 0 bridgehead atoms. The molecule has 2 aromatic heterocycles. The van der Waals surface area contributed by atoms with Crippen LogP contribution >= 0.6 is 11.3 Å². The van der Waals surface area contributed by atoms with Crippen molar-refractivity contribution in [2.75, 3.05) is 6.54 Å². The Hall–Kier alpha value is -1.69. The van der Waals surface area contributed by atoms with Crippen LogP contribution in [0, 0.1) is 6.92 Å². The van der Waals surface area contributed by atoms with E-state index in [1.54, 1.807) is 10.9 Å². The molecule has 0 saturated carbocycles. The monoisotopic (exact) mass is 361 g/mol. The molecule has 0 radical (unpaired) electrons. The average molecular weight is 362 g/mol. The molecule has 1 amide bonds. The number of thiophene rings is 1. The summed E-state index contributed by atoms with van der Waals surface area (Å²) in [6.07, 6.45) is 7.93. The molecule has 0 N–H and O–H groups in total. The molecule has 1 unspecified atom stereocenters. The topological polar surface area (TPSA) is 55.2 Å². The van der Waals surface area contributed by atoms with E-state index >= 15 is 0 Å². The fourth-order valence-electron chi connectivity index (χ4n) is 3.67. The highest BCUT2D eigenvalue weighted by Gasteiger charge is 2.29. The zero-order valence-electron chi connectivity index (χ0n) is 15.4. The maximum Gasteiger partial charge on any atom is 0.264 e. The van der Waals surface area contributed by atoms with Crippen molar-refractivity contribution < 1.29 is 4.79 Å². The van der Waals surface area contributed by atoms with Crippen LogP contribution in [-0.2, 0) is 6.54 Å². The molecule has 0 aliphatic carbocycles. The molecule has 2 aromatic rings. The number of fused-ring (bicyclic) bond motifs is 1. The first-order chi connectivity index (χ1) is 12.1. The summed E-state index contributed by atoms with van der Waals surface area (Å²) in [4.78, 5) is 33.8. The highest BCUT2D eigenvalue weighted by Crippen LogP contribution is 2.30. The average Bonchev–Trinajstić information content (AvgIpc) is 2.98. The van der Waals surface area contributed by atoms with Crippen LogP contribution < -0.4 is 5.56 Å². The van der Waals surface area contributed by atoms with Crippen molar-refractivity contribution in [2.24, 2.45) is 0 Å². The number of unbranched alkanes of at least 4 members (excludes halogenated alkanes) is 1. The van der Waals surface area contributed by atoms with Crippen molar-refractivity contribution in [3.63, 3.8) is 0 Å². The number of rotatable bonds is 5. The van der Waals surface area contributed by atoms with E-state index in [1.807, 2.05) is 11.8 Å². The van der Waals surface area contributed by atoms with Crippen LogP contribution in [0.1, 0.15) is 67.6 Å². The number of aryl methyl sites for hydroxylation is 2. The number of hydrogen-bond acceptors (Lipinski definition) is 4. The van der Waals surface area contributed by atoms with Gasteiger partial charge in [-0.2, -0.15) is 0 Å². The van der Waals surface area contributed by atoms with E-state index in [9.17, 15) is 9.59 Å². The standard InChI is InChI=1S/C19H27N3O2S/c1-4-6-10-21-12-20-17-15(18(21)23)13(3)16(25-17)19(24)22-11-8-7-9-14(22)5-2/h12,14H,4-11H2,1-3H3. The summed E-state index contributed by atoms with van der Waals surface area (Å²) in [5, 5.41) is 0.622. The molecule has 1 aliphatic heterocycles. The molecule has 25 heavy (non-hydrogen) atoms. The van der Waals surface area contributed by atoms with Crippen LogP contribution in [0.4, 0.5) is 0 Å². The van der Waals surface area contributed by atoms with E-state index in [1.165, 1.54) is 17.8 Å². The summed E-state index contributed by atoms with van der Waals surface area (Å²) in [7, 11) is 0. The first kappa shape index (κ1) is 18.1. The first-order valence-electron chi connectivity index (χ1n) is 9.38. The summed E-state index contributed by atoms with van der Waals surface area (Å²) < 4.78 is 1.68. The van der Waals surface area contributed by atoms with Gasteiger partial charge in [0.05, 0.1) is 16.6 Å². The van der Waals surface area contributed by atoms with E-state index in [2.05, 4.69) is 18.8 Å². The number of carbonyl (C=O) groups excluding carboxylic acids is 1. The third-order valence-corrected chi connectivity index (χ3v) is 6.41. The van der Waals surface area contributed by atoms with E-state index < -0.39 is 0 Å². The number of likely N-dealkylation sites (tertiary alicyclic amines) is 1. The summed E-state index contributed by atoms with van der Waals surface area (Å²) >= 11 is 1.37. The van der Waals surface area contributed by atoms with Crippen molar-refractivity contribution >= 4 is 27.5 Å². The quantitative estimate of drug-likeness (QED) is 0.810. The predicted molar refractivity (Wildman–Crippen MR) is 102 cm³/mol. The lowest BCUT2D eigenvalue weighted by Crippen LogP contribution is -2.43. The van der Waals surface area contributed by atoms with Crippen molar-refractivity contribution in [2.45, 2.75) is 71.9 Å². The van der Waals surface area contributed by atoms with Crippen LogP contribution in [0.5, 0.6) is 0 Å². The SMILES string of the molecule is CCCCn1cnc2sc(C(=O)N3CCCCC3CC)c(C)c2c1=O. The van der Waals surface area contributed by atoms with Gasteiger partial charge in [0.25, 0.3) is 11.5 Å². The maximum atomic E-state index is 13.1. The van der Waals surface area contributed by atoms with Gasteiger partial charge in [-0.3, -0.25) is 14.2 Å². The van der Waals surface area contributed by atoms with Crippen molar-refractivity contribution in [1.82, 2.24) is 14.5 Å². The molecule has 3 heterocycles. The lowest BCUT2D eigenvalue weighted by atomic mass is 9.99. The highest BCUT2D eigenvalue weighted by atomic mass is 32.1. The number of amides is 1. The van der Waals surface area contributed by atoms with Crippen LogP contribution in [0.3, 0.4) is 0 Å². The normalized spacial score (nSPS) is 18.0. The third kappa shape index (κ3) is 3.36. The van der Waals surface area contributed by atoms with Gasteiger partial charge in [0.2, 0.25) is 0 Å². The van der Waals surface area contributed by atoms with Crippen LogP contribution in [0.2, 0.25) is 0 Å². The van der Waals surface area contributed by atoms with Crippen molar-refractivity contribution in [3.05, 3.63) is 27.1 Å². The van der Waals surface area contributed by atoms with Gasteiger partial charge in [-0.15, -0.1) is 11.3 Å². The Labute approximate surface area is 152 Å². The van der Waals surface area contributed by atoms with Gasteiger partial charge in [-0.25, -0.2) is 4.98 Å². The smallest absolute Gasteiger partial charge is 0.264 e. The molecule has 0 aromatic carbocycles. The largest absolute Gasteiger partial charge is 0.335 e. The number of hydrogen-bond donors (Lipinski definition) is 0. The molecule has 1 atom stereocenters. The number of nitrogens with zero attached hydrogens (tertiary/aromatic N) is 3. The lowest BCUT2D eigenvalue weighted by Gasteiger charge is -2.35. The Balaban J connectivity index is 1.99.